The van der Waals surface area contributed by atoms with Gasteiger partial charge in [-0.2, -0.15) is 5.10 Å². The van der Waals surface area contributed by atoms with Gasteiger partial charge in [0.2, 0.25) is 0 Å². The molecular formula is C18H23N5OS. The van der Waals surface area contributed by atoms with Gasteiger partial charge in [-0.1, -0.05) is 37.2 Å². The fourth-order valence-electron chi connectivity index (χ4n) is 2.83. The maximum atomic E-state index is 12.2. The van der Waals surface area contributed by atoms with E-state index in [4.69, 9.17) is 0 Å². The lowest BCUT2D eigenvalue weighted by Gasteiger charge is -2.19. The van der Waals surface area contributed by atoms with Gasteiger partial charge in [0.05, 0.1) is 0 Å². The topological polar surface area (TPSA) is 72.2 Å². The Kier molecular flexibility index (Phi) is 5.86. The molecule has 3 rings (SSSR count). The summed E-state index contributed by atoms with van der Waals surface area (Å²) in [6.45, 7) is 2.17. The molecule has 0 aliphatic heterocycles. The maximum absolute atomic E-state index is 12.2. The van der Waals surface area contributed by atoms with Crippen molar-refractivity contribution in [3.63, 3.8) is 0 Å². The van der Waals surface area contributed by atoms with Crippen molar-refractivity contribution in [1.29, 1.82) is 0 Å². The maximum Gasteiger partial charge on any atom is 0.271 e. The van der Waals surface area contributed by atoms with Crippen molar-refractivity contribution in [2.24, 2.45) is 18.1 Å². The number of nitrogens with zero attached hydrogens (tertiary/aromatic N) is 4. The van der Waals surface area contributed by atoms with Crippen LogP contribution in [0.5, 0.6) is 0 Å². The lowest BCUT2D eigenvalue weighted by Crippen LogP contribution is -2.24. The first-order valence-corrected chi connectivity index (χ1v) is 9.54. The predicted octanol–water partition coefficient (Wildman–Crippen LogP) is 3.40. The number of aromatic nitrogens is 3. The van der Waals surface area contributed by atoms with Crippen LogP contribution in [0.1, 0.15) is 48.5 Å². The number of carbonyl (C=O) groups excluding carboxylic acids is 1. The summed E-state index contributed by atoms with van der Waals surface area (Å²) in [5.74, 6) is 1.10. The molecule has 2 aromatic rings. The van der Waals surface area contributed by atoms with E-state index in [-0.39, 0.29) is 5.91 Å². The van der Waals surface area contributed by atoms with E-state index < -0.39 is 0 Å². The van der Waals surface area contributed by atoms with Crippen molar-refractivity contribution in [2.45, 2.75) is 43.5 Å². The number of thioether (sulfide) groups is 1. The van der Waals surface area contributed by atoms with Gasteiger partial charge in [-0.25, -0.2) is 5.43 Å². The van der Waals surface area contributed by atoms with E-state index in [1.807, 2.05) is 35.9 Å². The van der Waals surface area contributed by atoms with Crippen molar-refractivity contribution in [3.8, 4) is 0 Å². The lowest BCUT2D eigenvalue weighted by molar-refractivity contribution is 0.0954. The molecule has 1 aliphatic rings. The third-order valence-electron chi connectivity index (χ3n) is 4.44. The van der Waals surface area contributed by atoms with E-state index in [2.05, 4.69) is 27.6 Å². The summed E-state index contributed by atoms with van der Waals surface area (Å²) in [6, 6.07) is 7.61. The second kappa shape index (κ2) is 8.29. The highest BCUT2D eigenvalue weighted by atomic mass is 32.2. The molecule has 1 atom stereocenters. The zero-order valence-corrected chi connectivity index (χ0v) is 15.4. The Morgan fingerprint density at radius 2 is 2.16 bits per heavy atom. The molecule has 25 heavy (non-hydrogen) atoms. The SMILES string of the molecule is CC1CCCC/C1=N/NC(=O)c1ccc(CSc2nncn2C)cc1. The second-order valence-corrected chi connectivity index (χ2v) is 7.34. The molecule has 1 amide bonds. The predicted molar refractivity (Wildman–Crippen MR) is 99.5 cm³/mol. The Morgan fingerprint density at radius 3 is 2.84 bits per heavy atom. The molecule has 1 fully saturated rings. The molecule has 1 aliphatic carbocycles. The monoisotopic (exact) mass is 357 g/mol. The molecule has 1 aromatic carbocycles. The first kappa shape index (κ1) is 17.7. The molecule has 1 heterocycles. The Labute approximate surface area is 152 Å². The number of hydrogen-bond acceptors (Lipinski definition) is 5. The number of aryl methyl sites for hydroxylation is 1. The van der Waals surface area contributed by atoms with Gasteiger partial charge < -0.3 is 4.57 Å². The summed E-state index contributed by atoms with van der Waals surface area (Å²) in [7, 11) is 1.92. The Morgan fingerprint density at radius 1 is 1.36 bits per heavy atom. The van der Waals surface area contributed by atoms with Crippen LogP contribution >= 0.6 is 11.8 Å². The Balaban J connectivity index is 1.55. The summed E-state index contributed by atoms with van der Waals surface area (Å²) in [5.41, 5.74) is 5.57. The van der Waals surface area contributed by atoms with Crippen LogP contribution in [0, 0.1) is 5.92 Å². The van der Waals surface area contributed by atoms with Gasteiger partial charge in [0.15, 0.2) is 5.16 Å². The number of benzene rings is 1. The van der Waals surface area contributed by atoms with Gasteiger partial charge in [-0.05, 0) is 42.9 Å². The van der Waals surface area contributed by atoms with Crippen LogP contribution in [0.25, 0.3) is 0 Å². The van der Waals surface area contributed by atoms with Gasteiger partial charge in [-0.3, -0.25) is 4.79 Å². The smallest absolute Gasteiger partial charge is 0.271 e. The summed E-state index contributed by atoms with van der Waals surface area (Å²) in [5, 5.41) is 13.1. The van der Waals surface area contributed by atoms with Gasteiger partial charge in [0.1, 0.15) is 6.33 Å². The van der Waals surface area contributed by atoms with Crippen LogP contribution < -0.4 is 5.43 Å². The average molecular weight is 357 g/mol. The van der Waals surface area contributed by atoms with Crippen molar-refractivity contribution >= 4 is 23.4 Å². The molecule has 0 saturated heterocycles. The van der Waals surface area contributed by atoms with Crippen LogP contribution in [0.15, 0.2) is 40.9 Å². The Bertz CT molecular complexity index is 753. The van der Waals surface area contributed by atoms with E-state index in [1.54, 1.807) is 18.1 Å². The molecular weight excluding hydrogens is 334 g/mol. The van der Waals surface area contributed by atoms with E-state index in [0.29, 0.717) is 11.5 Å². The minimum atomic E-state index is -0.155. The Hall–Kier alpha value is -2.15. The minimum Gasteiger partial charge on any atom is -0.312 e. The molecule has 6 nitrogen and oxygen atoms in total. The number of carbonyl (C=O) groups is 1. The molecule has 1 aromatic heterocycles. The van der Waals surface area contributed by atoms with Crippen LogP contribution in [-0.4, -0.2) is 26.4 Å². The third kappa shape index (κ3) is 4.69. The van der Waals surface area contributed by atoms with E-state index in [0.717, 1.165) is 41.4 Å². The lowest BCUT2D eigenvalue weighted by atomic mass is 9.89. The quantitative estimate of drug-likeness (QED) is 0.657. The van der Waals surface area contributed by atoms with Crippen LogP contribution in [0.4, 0.5) is 0 Å². The normalized spacial score (nSPS) is 19.1. The zero-order chi connectivity index (χ0) is 17.6. The minimum absolute atomic E-state index is 0.155. The molecule has 1 N–H and O–H groups in total. The molecule has 1 unspecified atom stereocenters. The average Bonchev–Trinajstić information content (AvgIpc) is 3.04. The van der Waals surface area contributed by atoms with Gasteiger partial charge >= 0.3 is 0 Å². The highest BCUT2D eigenvalue weighted by Gasteiger charge is 2.16. The summed E-state index contributed by atoms with van der Waals surface area (Å²) < 4.78 is 1.89. The van der Waals surface area contributed by atoms with Gasteiger partial charge in [0, 0.05) is 24.1 Å². The van der Waals surface area contributed by atoms with E-state index in [1.165, 1.54) is 6.42 Å². The molecule has 132 valence electrons. The fourth-order valence-corrected chi connectivity index (χ4v) is 3.67. The van der Waals surface area contributed by atoms with E-state index in [9.17, 15) is 4.79 Å². The zero-order valence-electron chi connectivity index (χ0n) is 14.6. The van der Waals surface area contributed by atoms with Crippen LogP contribution in [-0.2, 0) is 12.8 Å². The molecule has 1 saturated carbocycles. The standard InChI is InChI=1S/C18H23N5OS/c1-13-5-3-4-6-16(13)20-21-17(24)15-9-7-14(8-10-15)11-25-18-22-19-12-23(18)2/h7-10,12-13H,3-6,11H2,1-2H3,(H,21,24)/b20-16-. The molecule has 0 bridgehead atoms. The number of rotatable bonds is 5. The van der Waals surface area contributed by atoms with E-state index >= 15 is 0 Å². The second-order valence-electron chi connectivity index (χ2n) is 6.40. The highest BCUT2D eigenvalue weighted by molar-refractivity contribution is 7.98. The number of nitrogens with one attached hydrogen (secondary N) is 1. The van der Waals surface area contributed by atoms with Crippen molar-refractivity contribution in [3.05, 3.63) is 41.7 Å². The van der Waals surface area contributed by atoms with Crippen LogP contribution in [0.2, 0.25) is 0 Å². The van der Waals surface area contributed by atoms with Crippen molar-refractivity contribution < 1.29 is 4.79 Å². The van der Waals surface area contributed by atoms with Crippen molar-refractivity contribution in [2.75, 3.05) is 0 Å². The van der Waals surface area contributed by atoms with Crippen molar-refractivity contribution in [1.82, 2.24) is 20.2 Å². The summed E-state index contributed by atoms with van der Waals surface area (Å²) >= 11 is 1.62. The number of amides is 1. The summed E-state index contributed by atoms with van der Waals surface area (Å²) in [6.07, 6.45) is 6.25. The first-order valence-electron chi connectivity index (χ1n) is 8.56. The molecule has 0 spiro atoms. The van der Waals surface area contributed by atoms with Crippen LogP contribution in [0.3, 0.4) is 0 Å². The fraction of sp³-hybridized carbons (Fsp3) is 0.444. The number of hydrazone groups is 1. The largest absolute Gasteiger partial charge is 0.312 e. The van der Waals surface area contributed by atoms with Gasteiger partial charge in [-0.15, -0.1) is 10.2 Å². The van der Waals surface area contributed by atoms with Gasteiger partial charge in [0.25, 0.3) is 5.91 Å². The third-order valence-corrected chi connectivity index (χ3v) is 5.55. The molecule has 0 radical (unpaired) electrons. The molecule has 7 heteroatoms. The summed E-state index contributed by atoms with van der Waals surface area (Å²) in [4.78, 5) is 12.2. The highest BCUT2D eigenvalue weighted by Crippen LogP contribution is 2.21. The number of hydrogen-bond donors (Lipinski definition) is 1. The first-order chi connectivity index (χ1) is 12.1.